The molecule has 3 rings (SSSR count). The van der Waals surface area contributed by atoms with Gasteiger partial charge in [-0.2, -0.15) is 10.1 Å². The number of phenolic OH excluding ortho intramolecular Hbond substituents is 1. The molecule has 12 heteroatoms. The fourth-order valence-electron chi connectivity index (χ4n) is 2.32. The topological polar surface area (TPSA) is 148 Å². The number of carbonyl (C=O) groups excluding carboxylic acids is 1. The number of nitrogens with one attached hydrogen (secondary N) is 1. The molecule has 0 aliphatic heterocycles. The Morgan fingerprint density at radius 2 is 2.11 bits per heavy atom. The van der Waals surface area contributed by atoms with Gasteiger partial charge in [-0.3, -0.25) is 14.9 Å². The first-order valence-electron chi connectivity index (χ1n) is 7.47. The van der Waals surface area contributed by atoms with E-state index in [1.807, 2.05) is 0 Å². The van der Waals surface area contributed by atoms with Crippen molar-refractivity contribution in [2.75, 3.05) is 0 Å². The molecule has 2 aromatic heterocycles. The summed E-state index contributed by atoms with van der Waals surface area (Å²) in [6.07, 6.45) is 1.02. The van der Waals surface area contributed by atoms with Crippen LogP contribution < -0.4 is 5.43 Å². The molecule has 0 fully saturated rings. The highest BCUT2D eigenvalue weighted by Gasteiger charge is 2.18. The Balaban J connectivity index is 1.82. The van der Waals surface area contributed by atoms with Crippen LogP contribution in [0.5, 0.6) is 5.75 Å². The third-order valence-corrected chi connectivity index (χ3v) is 3.69. The van der Waals surface area contributed by atoms with E-state index in [1.54, 1.807) is 19.9 Å². The van der Waals surface area contributed by atoms with Gasteiger partial charge in [0, 0.05) is 28.0 Å². The molecule has 0 unspecified atom stereocenters. The monoisotopic (exact) mass is 389 g/mol. The fourth-order valence-corrected chi connectivity index (χ4v) is 2.54. The molecule has 27 heavy (non-hydrogen) atoms. The Hall–Kier alpha value is -3.60. The molecule has 0 bridgehead atoms. The third-order valence-electron chi connectivity index (χ3n) is 3.47. The van der Waals surface area contributed by atoms with Crippen molar-refractivity contribution in [3.63, 3.8) is 0 Å². The number of fused-ring (bicyclic) bond motifs is 1. The molecule has 11 nitrogen and oxygen atoms in total. The standard InChI is InChI=1S/C15H12ClN7O4/c1-7-3-8(2)22-15(18-7)19-13(21-22)14(25)20-17-6-9-4-10(16)5-11(12(9)24)23(26)27/h3-6,24H,1-2H3,(H,20,25)/b17-6-. The van der Waals surface area contributed by atoms with Crippen LogP contribution in [0.15, 0.2) is 23.3 Å². The highest BCUT2D eigenvalue weighted by atomic mass is 35.5. The number of aromatic hydroxyl groups is 1. The van der Waals surface area contributed by atoms with Crippen molar-refractivity contribution in [1.29, 1.82) is 0 Å². The predicted octanol–water partition coefficient (Wildman–Crippen LogP) is 1.77. The second-order valence-corrected chi connectivity index (χ2v) is 5.94. The Kier molecular flexibility index (Phi) is 4.69. The molecule has 2 N–H and O–H groups in total. The number of aryl methyl sites for hydroxylation is 2. The minimum atomic E-state index is -0.783. The summed E-state index contributed by atoms with van der Waals surface area (Å²) in [6.45, 7) is 3.59. The Labute approximate surface area is 156 Å². The molecule has 1 aromatic carbocycles. The van der Waals surface area contributed by atoms with Crippen molar-refractivity contribution in [2.45, 2.75) is 13.8 Å². The molecule has 0 radical (unpaired) electrons. The van der Waals surface area contributed by atoms with Crippen LogP contribution in [0, 0.1) is 24.0 Å². The molecule has 0 atom stereocenters. The Morgan fingerprint density at radius 1 is 1.37 bits per heavy atom. The Bertz CT molecular complexity index is 1110. The zero-order valence-electron chi connectivity index (χ0n) is 14.0. The first-order chi connectivity index (χ1) is 12.8. The number of nitro benzene ring substituents is 1. The lowest BCUT2D eigenvalue weighted by molar-refractivity contribution is -0.385. The van der Waals surface area contributed by atoms with Crippen LogP contribution in [0.2, 0.25) is 5.02 Å². The van der Waals surface area contributed by atoms with Gasteiger partial charge in [-0.1, -0.05) is 11.6 Å². The molecule has 0 aliphatic rings. The van der Waals surface area contributed by atoms with Gasteiger partial charge in [-0.05, 0) is 26.0 Å². The van der Waals surface area contributed by atoms with Crippen LogP contribution in [0.4, 0.5) is 5.69 Å². The van der Waals surface area contributed by atoms with Crippen LogP contribution >= 0.6 is 11.6 Å². The normalized spacial score (nSPS) is 11.2. The summed E-state index contributed by atoms with van der Waals surface area (Å²) < 4.78 is 1.41. The smallest absolute Gasteiger partial charge is 0.312 e. The van der Waals surface area contributed by atoms with E-state index in [-0.39, 0.29) is 22.2 Å². The largest absolute Gasteiger partial charge is 0.502 e. The summed E-state index contributed by atoms with van der Waals surface area (Å²) in [5.74, 6) is -1.23. The molecule has 0 saturated heterocycles. The quantitative estimate of drug-likeness (QED) is 0.392. The van der Waals surface area contributed by atoms with Gasteiger partial charge in [-0.15, -0.1) is 5.10 Å². The van der Waals surface area contributed by atoms with E-state index in [9.17, 15) is 20.0 Å². The summed E-state index contributed by atoms with van der Waals surface area (Å²) in [4.78, 5) is 30.4. The summed E-state index contributed by atoms with van der Waals surface area (Å²) in [5, 5.41) is 28.5. The van der Waals surface area contributed by atoms with E-state index in [0.29, 0.717) is 0 Å². The van der Waals surface area contributed by atoms with Crippen molar-refractivity contribution >= 4 is 35.2 Å². The number of aromatic nitrogens is 4. The predicted molar refractivity (Wildman–Crippen MR) is 95.1 cm³/mol. The van der Waals surface area contributed by atoms with E-state index in [1.165, 1.54) is 10.6 Å². The second kappa shape index (κ2) is 6.96. The molecule has 0 spiro atoms. The number of rotatable bonds is 4. The summed E-state index contributed by atoms with van der Waals surface area (Å²) in [5.41, 5.74) is 3.05. The van der Waals surface area contributed by atoms with Gasteiger partial charge in [0.25, 0.3) is 5.78 Å². The fraction of sp³-hybridized carbons (Fsp3) is 0.133. The average molecular weight is 390 g/mol. The SMILES string of the molecule is Cc1cc(C)n2nc(C(=O)N/N=C\c3cc(Cl)cc([N+](=O)[O-])c3O)nc2n1. The van der Waals surface area contributed by atoms with E-state index in [2.05, 4.69) is 25.6 Å². The minimum Gasteiger partial charge on any atom is -0.502 e. The van der Waals surface area contributed by atoms with Crippen molar-refractivity contribution < 1.29 is 14.8 Å². The van der Waals surface area contributed by atoms with Gasteiger partial charge in [0.1, 0.15) is 0 Å². The van der Waals surface area contributed by atoms with Gasteiger partial charge < -0.3 is 5.11 Å². The van der Waals surface area contributed by atoms with Gasteiger partial charge >= 0.3 is 11.6 Å². The van der Waals surface area contributed by atoms with Crippen LogP contribution in [-0.4, -0.2) is 41.7 Å². The van der Waals surface area contributed by atoms with Crippen molar-refractivity contribution in [3.05, 3.63) is 56.1 Å². The number of halogens is 1. The molecular weight excluding hydrogens is 378 g/mol. The van der Waals surface area contributed by atoms with Crippen LogP contribution in [0.1, 0.15) is 27.6 Å². The lowest BCUT2D eigenvalue weighted by Gasteiger charge is -2.01. The maximum Gasteiger partial charge on any atom is 0.312 e. The molecule has 3 aromatic rings. The van der Waals surface area contributed by atoms with Gasteiger partial charge in [0.05, 0.1) is 11.1 Å². The molecular formula is C15H12ClN7O4. The van der Waals surface area contributed by atoms with Crippen molar-refractivity contribution in [3.8, 4) is 5.75 Å². The number of benzene rings is 1. The molecule has 0 aliphatic carbocycles. The maximum absolute atomic E-state index is 12.1. The van der Waals surface area contributed by atoms with Crippen molar-refractivity contribution in [1.82, 2.24) is 25.0 Å². The van der Waals surface area contributed by atoms with E-state index >= 15 is 0 Å². The first-order valence-corrected chi connectivity index (χ1v) is 7.85. The first kappa shape index (κ1) is 18.2. The van der Waals surface area contributed by atoms with Gasteiger partial charge in [0.2, 0.25) is 11.6 Å². The van der Waals surface area contributed by atoms with E-state index in [4.69, 9.17) is 11.6 Å². The van der Waals surface area contributed by atoms with Gasteiger partial charge in [-0.25, -0.2) is 14.9 Å². The summed E-state index contributed by atoms with van der Waals surface area (Å²) in [7, 11) is 0. The highest BCUT2D eigenvalue weighted by molar-refractivity contribution is 6.31. The van der Waals surface area contributed by atoms with E-state index in [0.717, 1.165) is 23.7 Å². The van der Waals surface area contributed by atoms with Gasteiger partial charge in [0.15, 0.2) is 0 Å². The molecule has 2 heterocycles. The summed E-state index contributed by atoms with van der Waals surface area (Å²) >= 11 is 5.78. The number of amides is 1. The Morgan fingerprint density at radius 3 is 2.81 bits per heavy atom. The number of hydrogen-bond acceptors (Lipinski definition) is 8. The number of nitrogens with zero attached hydrogens (tertiary/aromatic N) is 6. The summed E-state index contributed by atoms with van der Waals surface area (Å²) in [6, 6.07) is 4.06. The number of phenols is 1. The molecule has 0 saturated carbocycles. The average Bonchev–Trinajstić information content (AvgIpc) is 3.01. The van der Waals surface area contributed by atoms with Crippen LogP contribution in [-0.2, 0) is 0 Å². The molecule has 1 amide bonds. The minimum absolute atomic E-state index is 0.0335. The number of nitro groups is 1. The zero-order chi connectivity index (χ0) is 19.7. The lowest BCUT2D eigenvalue weighted by Crippen LogP contribution is -2.19. The third kappa shape index (κ3) is 3.67. The van der Waals surface area contributed by atoms with Crippen molar-refractivity contribution in [2.24, 2.45) is 5.10 Å². The lowest BCUT2D eigenvalue weighted by atomic mass is 10.2. The van der Waals surface area contributed by atoms with E-state index < -0.39 is 22.3 Å². The maximum atomic E-state index is 12.1. The number of hydrogen-bond donors (Lipinski definition) is 2. The van der Waals surface area contributed by atoms with Crippen LogP contribution in [0.3, 0.4) is 0 Å². The highest BCUT2D eigenvalue weighted by Crippen LogP contribution is 2.32. The number of carbonyl (C=O) groups is 1. The zero-order valence-corrected chi connectivity index (χ0v) is 14.8. The van der Waals surface area contributed by atoms with Crippen LogP contribution in [0.25, 0.3) is 5.78 Å². The second-order valence-electron chi connectivity index (χ2n) is 5.51. The number of hydrazone groups is 1. The molecule has 138 valence electrons.